The third kappa shape index (κ3) is 6.09. The zero-order valence-electron chi connectivity index (χ0n) is 20.3. The van der Waals surface area contributed by atoms with Gasteiger partial charge < -0.3 is 10.1 Å². The molecule has 0 saturated carbocycles. The van der Waals surface area contributed by atoms with Gasteiger partial charge in [0.2, 0.25) is 5.91 Å². The molecule has 0 radical (unpaired) electrons. The molecule has 8 heteroatoms. The molecule has 3 aromatic rings. The number of ether oxygens (including phenoxy) is 1. The number of carbonyl (C=O) groups is 2. The Morgan fingerprint density at radius 3 is 2.60 bits per heavy atom. The quantitative estimate of drug-likeness (QED) is 0.427. The van der Waals surface area contributed by atoms with E-state index in [0.29, 0.717) is 29.2 Å². The van der Waals surface area contributed by atoms with Gasteiger partial charge >= 0.3 is 0 Å². The second-order valence-electron chi connectivity index (χ2n) is 8.97. The average Bonchev–Trinajstić information content (AvgIpc) is 3.20. The van der Waals surface area contributed by atoms with Crippen LogP contribution in [0.4, 0.5) is 0 Å². The molecule has 1 unspecified atom stereocenters. The van der Waals surface area contributed by atoms with E-state index in [2.05, 4.69) is 16.5 Å². The summed E-state index contributed by atoms with van der Waals surface area (Å²) in [5.74, 6) is -0.433. The average molecular weight is 493 g/mol. The molecule has 2 aromatic carbocycles. The highest BCUT2D eigenvalue weighted by atomic mass is 35.5. The zero-order valence-corrected chi connectivity index (χ0v) is 21.0. The van der Waals surface area contributed by atoms with Crippen LogP contribution in [0.2, 0.25) is 5.02 Å². The molecule has 35 heavy (non-hydrogen) atoms. The Morgan fingerprint density at radius 2 is 2.00 bits per heavy atom. The van der Waals surface area contributed by atoms with Crippen LogP contribution in [0.3, 0.4) is 0 Å². The third-order valence-corrected chi connectivity index (χ3v) is 6.65. The van der Waals surface area contributed by atoms with E-state index in [4.69, 9.17) is 16.3 Å². The van der Waals surface area contributed by atoms with Crippen LogP contribution in [-0.4, -0.2) is 34.8 Å². The number of benzene rings is 2. The van der Waals surface area contributed by atoms with Crippen LogP contribution in [0.15, 0.2) is 54.6 Å². The van der Waals surface area contributed by atoms with Crippen molar-refractivity contribution in [3.63, 3.8) is 0 Å². The number of carbonyl (C=O) groups excluding carboxylic acids is 2. The van der Waals surface area contributed by atoms with Crippen molar-refractivity contribution in [1.82, 2.24) is 15.1 Å². The predicted octanol–water partition coefficient (Wildman–Crippen LogP) is 4.22. The molecule has 0 spiro atoms. The molecule has 1 aromatic heterocycles. The number of nitriles is 1. The summed E-state index contributed by atoms with van der Waals surface area (Å²) in [6, 6.07) is 18.7. The van der Waals surface area contributed by atoms with Crippen LogP contribution in [0.1, 0.15) is 47.8 Å². The Labute approximate surface area is 210 Å². The number of aromatic nitrogens is 2. The van der Waals surface area contributed by atoms with Crippen LogP contribution in [-0.2, 0) is 33.2 Å². The summed E-state index contributed by atoms with van der Waals surface area (Å²) in [5.41, 5.74) is 2.76. The lowest BCUT2D eigenvalue weighted by Crippen LogP contribution is -2.50. The standard InChI is InChI=1S/C27H29ClN4O3/c1-18-12-25(31-32(18)4)27(3,16-35-17-33)26(34)30-19(2)24(14-20-8-10-23(28)11-9-20)22-7-5-6-21(13-22)15-29/h5-13,17,19,24H,14,16H2,1-4H3,(H,30,34)/t19-,24+,27?/m0/s1. The second-order valence-corrected chi connectivity index (χ2v) is 9.41. The van der Waals surface area contributed by atoms with E-state index in [-0.39, 0.29) is 24.5 Å². The van der Waals surface area contributed by atoms with Crippen molar-refractivity contribution in [2.45, 2.75) is 44.6 Å². The summed E-state index contributed by atoms with van der Waals surface area (Å²) in [7, 11) is 1.80. The van der Waals surface area contributed by atoms with E-state index >= 15 is 0 Å². The lowest BCUT2D eigenvalue weighted by atomic mass is 9.83. The van der Waals surface area contributed by atoms with Gasteiger partial charge in [0.1, 0.15) is 12.0 Å². The van der Waals surface area contributed by atoms with Gasteiger partial charge in [0.15, 0.2) is 0 Å². The fraction of sp³-hybridized carbons (Fsp3) is 0.333. The molecule has 0 aliphatic heterocycles. The first-order valence-electron chi connectivity index (χ1n) is 11.3. The molecule has 0 aliphatic carbocycles. The summed E-state index contributed by atoms with van der Waals surface area (Å²) < 4.78 is 6.73. The number of aryl methyl sites for hydroxylation is 2. The van der Waals surface area contributed by atoms with Gasteiger partial charge in [-0.15, -0.1) is 0 Å². The van der Waals surface area contributed by atoms with Crippen LogP contribution in [0, 0.1) is 18.3 Å². The molecule has 0 saturated heterocycles. The lowest BCUT2D eigenvalue weighted by molar-refractivity contribution is -0.135. The molecule has 1 amide bonds. The summed E-state index contributed by atoms with van der Waals surface area (Å²) >= 11 is 6.06. The van der Waals surface area contributed by atoms with E-state index in [0.717, 1.165) is 16.8 Å². The maximum Gasteiger partial charge on any atom is 0.293 e. The first-order valence-corrected chi connectivity index (χ1v) is 11.7. The molecule has 7 nitrogen and oxygen atoms in total. The minimum atomic E-state index is -1.18. The number of nitrogens with one attached hydrogen (secondary N) is 1. The molecule has 0 fully saturated rings. The van der Waals surface area contributed by atoms with Crippen LogP contribution in [0.25, 0.3) is 0 Å². The fourth-order valence-electron chi connectivity index (χ4n) is 4.05. The Hall–Kier alpha value is -3.63. The Kier molecular flexibility index (Phi) is 8.31. The molecule has 3 atom stereocenters. The lowest BCUT2D eigenvalue weighted by Gasteiger charge is -2.31. The van der Waals surface area contributed by atoms with Crippen molar-refractivity contribution in [3.05, 3.63) is 87.7 Å². The highest BCUT2D eigenvalue weighted by Gasteiger charge is 2.40. The van der Waals surface area contributed by atoms with Crippen LogP contribution < -0.4 is 5.32 Å². The van der Waals surface area contributed by atoms with E-state index in [9.17, 15) is 14.9 Å². The van der Waals surface area contributed by atoms with E-state index < -0.39 is 5.41 Å². The summed E-state index contributed by atoms with van der Waals surface area (Å²) in [6.07, 6.45) is 0.623. The SMILES string of the molecule is Cc1cc(C(C)(COC=O)C(=O)N[C@@H](C)[C@@H](Cc2ccc(Cl)cc2)c2cccc(C#N)c2)nn1C. The number of amides is 1. The minimum Gasteiger partial charge on any atom is -0.466 e. The van der Waals surface area contributed by atoms with Gasteiger partial charge in [-0.3, -0.25) is 14.3 Å². The highest BCUT2D eigenvalue weighted by molar-refractivity contribution is 6.30. The topological polar surface area (TPSA) is 97.0 Å². The van der Waals surface area contributed by atoms with Crippen molar-refractivity contribution in [3.8, 4) is 6.07 Å². The molecule has 182 valence electrons. The molecular formula is C27H29ClN4O3. The Bertz CT molecular complexity index is 1210. The summed E-state index contributed by atoms with van der Waals surface area (Å²) in [5, 5.41) is 17.7. The molecule has 3 rings (SSSR count). The maximum absolute atomic E-state index is 13.6. The van der Waals surface area contributed by atoms with Crippen LogP contribution >= 0.6 is 11.6 Å². The molecule has 1 N–H and O–H groups in total. The van der Waals surface area contributed by atoms with Crippen molar-refractivity contribution in [2.24, 2.45) is 7.05 Å². The smallest absolute Gasteiger partial charge is 0.293 e. The Balaban J connectivity index is 1.93. The largest absolute Gasteiger partial charge is 0.466 e. The third-order valence-electron chi connectivity index (χ3n) is 6.40. The van der Waals surface area contributed by atoms with Gasteiger partial charge in [-0.2, -0.15) is 10.4 Å². The second kappa shape index (κ2) is 11.2. The number of hydrogen-bond donors (Lipinski definition) is 1. The maximum atomic E-state index is 13.6. The zero-order chi connectivity index (χ0) is 25.6. The predicted molar refractivity (Wildman–Crippen MR) is 134 cm³/mol. The molecule has 0 aliphatic rings. The molecule has 0 bridgehead atoms. The molecular weight excluding hydrogens is 464 g/mol. The van der Waals surface area contributed by atoms with Gasteiger partial charge in [-0.1, -0.05) is 35.9 Å². The van der Waals surface area contributed by atoms with Gasteiger partial charge in [-0.05, 0) is 68.7 Å². The fourth-order valence-corrected chi connectivity index (χ4v) is 4.18. The van der Waals surface area contributed by atoms with Crippen LogP contribution in [0.5, 0.6) is 0 Å². The number of rotatable bonds is 10. The first-order chi connectivity index (χ1) is 16.7. The number of hydrogen-bond acceptors (Lipinski definition) is 5. The van der Waals surface area contributed by atoms with Crippen molar-refractivity contribution < 1.29 is 14.3 Å². The normalized spacial score (nSPS) is 14.3. The number of halogens is 1. The summed E-state index contributed by atoms with van der Waals surface area (Å²) in [6.45, 7) is 5.73. The highest BCUT2D eigenvalue weighted by Crippen LogP contribution is 2.29. The van der Waals surface area contributed by atoms with Crippen molar-refractivity contribution in [1.29, 1.82) is 5.26 Å². The minimum absolute atomic E-state index is 0.130. The monoisotopic (exact) mass is 492 g/mol. The van der Waals surface area contributed by atoms with Crippen molar-refractivity contribution >= 4 is 24.0 Å². The van der Waals surface area contributed by atoms with Crippen molar-refractivity contribution in [2.75, 3.05) is 6.61 Å². The number of nitrogens with zero attached hydrogens (tertiary/aromatic N) is 3. The molecule has 1 heterocycles. The van der Waals surface area contributed by atoms with E-state index in [1.807, 2.05) is 62.4 Å². The van der Waals surface area contributed by atoms with Gasteiger partial charge in [0.25, 0.3) is 6.47 Å². The van der Waals surface area contributed by atoms with Gasteiger partial charge in [0, 0.05) is 29.7 Å². The van der Waals surface area contributed by atoms with E-state index in [1.165, 1.54) is 0 Å². The first kappa shape index (κ1) is 26.0. The Morgan fingerprint density at radius 1 is 1.29 bits per heavy atom. The van der Waals surface area contributed by atoms with E-state index in [1.54, 1.807) is 24.7 Å². The van der Waals surface area contributed by atoms with Gasteiger partial charge in [-0.25, -0.2) is 0 Å². The van der Waals surface area contributed by atoms with Gasteiger partial charge in [0.05, 0.1) is 17.3 Å². The summed E-state index contributed by atoms with van der Waals surface area (Å²) in [4.78, 5) is 24.6.